The summed E-state index contributed by atoms with van der Waals surface area (Å²) in [6.45, 7) is 1.91. The first-order valence-electron chi connectivity index (χ1n) is 6.91. The fourth-order valence-corrected chi connectivity index (χ4v) is 3.42. The van der Waals surface area contributed by atoms with Crippen LogP contribution in [0.1, 0.15) is 46.3 Å². The lowest BCUT2D eigenvalue weighted by atomic mass is 9.98. The Bertz CT molecular complexity index is 666. The highest BCUT2D eigenvalue weighted by atomic mass is 16.3. The lowest BCUT2D eigenvalue weighted by Gasteiger charge is -2.35. The van der Waals surface area contributed by atoms with Crippen molar-refractivity contribution in [2.24, 2.45) is 0 Å². The molecule has 0 saturated carbocycles. The number of fused-ring (bicyclic) bond motifs is 4. The van der Waals surface area contributed by atoms with Crippen LogP contribution in [0.4, 0.5) is 0 Å². The molecule has 5 nitrogen and oxygen atoms in total. The van der Waals surface area contributed by atoms with Crippen molar-refractivity contribution in [2.45, 2.75) is 38.3 Å². The van der Waals surface area contributed by atoms with E-state index < -0.39 is 0 Å². The molecular weight excluding hydrogens is 254 g/mol. The Morgan fingerprint density at radius 1 is 1.45 bits per heavy atom. The van der Waals surface area contributed by atoms with Crippen LogP contribution in [0.2, 0.25) is 0 Å². The molecule has 2 aromatic heterocycles. The highest BCUT2D eigenvalue weighted by Crippen LogP contribution is 2.43. The van der Waals surface area contributed by atoms with Gasteiger partial charge in [0.05, 0.1) is 23.6 Å². The van der Waals surface area contributed by atoms with Crippen LogP contribution >= 0.6 is 0 Å². The average molecular weight is 269 g/mol. The average Bonchev–Trinajstić information content (AvgIpc) is 3.06. The molecule has 1 saturated heterocycles. The van der Waals surface area contributed by atoms with Gasteiger partial charge in [0.2, 0.25) is 0 Å². The number of aromatic nitrogens is 2. The van der Waals surface area contributed by atoms with Crippen LogP contribution in [-0.2, 0) is 6.42 Å². The number of carbonyl (C=O) groups is 1. The molecule has 0 spiro atoms. The lowest BCUT2D eigenvalue weighted by Crippen LogP contribution is -2.42. The maximum absolute atomic E-state index is 12.6. The third kappa shape index (κ3) is 1.59. The predicted molar refractivity (Wildman–Crippen MR) is 71.1 cm³/mol. The van der Waals surface area contributed by atoms with Gasteiger partial charge in [-0.2, -0.15) is 0 Å². The van der Waals surface area contributed by atoms with E-state index in [4.69, 9.17) is 4.42 Å². The van der Waals surface area contributed by atoms with Crippen LogP contribution in [0, 0.1) is 6.92 Å². The van der Waals surface area contributed by atoms with Crippen molar-refractivity contribution in [3.63, 3.8) is 0 Å². The number of amides is 1. The number of hydrogen-bond acceptors (Lipinski definition) is 4. The third-order valence-corrected chi connectivity index (χ3v) is 4.31. The van der Waals surface area contributed by atoms with Crippen molar-refractivity contribution in [3.05, 3.63) is 47.4 Å². The van der Waals surface area contributed by atoms with Gasteiger partial charge in [0.15, 0.2) is 0 Å². The SMILES string of the molecule is Cc1ncc2c(n1)CC1CCC2N1C(=O)c1ccoc1. The molecule has 2 unspecified atom stereocenters. The Hall–Kier alpha value is -2.17. The van der Waals surface area contributed by atoms with Gasteiger partial charge in [-0.05, 0) is 25.8 Å². The van der Waals surface area contributed by atoms with Gasteiger partial charge in [-0.1, -0.05) is 0 Å². The minimum atomic E-state index is 0.0532. The van der Waals surface area contributed by atoms with Crippen molar-refractivity contribution in [1.82, 2.24) is 14.9 Å². The molecule has 5 heteroatoms. The predicted octanol–water partition coefficient (Wildman–Crippen LogP) is 2.28. The Kier molecular flexibility index (Phi) is 2.42. The molecule has 1 fully saturated rings. The van der Waals surface area contributed by atoms with Gasteiger partial charge >= 0.3 is 0 Å². The van der Waals surface area contributed by atoms with Crippen molar-refractivity contribution >= 4 is 5.91 Å². The number of rotatable bonds is 1. The minimum absolute atomic E-state index is 0.0532. The second-order valence-corrected chi connectivity index (χ2v) is 5.49. The normalized spacial score (nSPS) is 23.8. The summed E-state index contributed by atoms with van der Waals surface area (Å²) in [5.74, 6) is 0.857. The van der Waals surface area contributed by atoms with E-state index in [-0.39, 0.29) is 18.0 Å². The molecule has 4 rings (SSSR count). The summed E-state index contributed by atoms with van der Waals surface area (Å²) in [7, 11) is 0. The van der Waals surface area contributed by atoms with Gasteiger partial charge in [-0.25, -0.2) is 9.97 Å². The van der Waals surface area contributed by atoms with Crippen LogP contribution in [-0.4, -0.2) is 26.8 Å². The largest absolute Gasteiger partial charge is 0.472 e. The molecule has 0 aromatic carbocycles. The molecule has 20 heavy (non-hydrogen) atoms. The summed E-state index contributed by atoms with van der Waals surface area (Å²) < 4.78 is 5.03. The maximum atomic E-state index is 12.6. The van der Waals surface area contributed by atoms with Crippen LogP contribution < -0.4 is 0 Å². The monoisotopic (exact) mass is 269 g/mol. The van der Waals surface area contributed by atoms with Crippen molar-refractivity contribution in [2.75, 3.05) is 0 Å². The second-order valence-electron chi connectivity index (χ2n) is 5.49. The van der Waals surface area contributed by atoms with Gasteiger partial charge in [0, 0.05) is 24.2 Å². The Balaban J connectivity index is 1.74. The smallest absolute Gasteiger partial charge is 0.257 e. The number of furan rings is 1. The first kappa shape index (κ1) is 11.6. The van der Waals surface area contributed by atoms with Gasteiger partial charge in [0.1, 0.15) is 12.1 Å². The van der Waals surface area contributed by atoms with E-state index in [9.17, 15) is 4.79 Å². The quantitative estimate of drug-likeness (QED) is 0.797. The van der Waals surface area contributed by atoms with E-state index in [1.165, 1.54) is 6.26 Å². The minimum Gasteiger partial charge on any atom is -0.472 e. The molecule has 2 bridgehead atoms. The van der Waals surface area contributed by atoms with E-state index in [2.05, 4.69) is 9.97 Å². The number of hydrogen-bond donors (Lipinski definition) is 0. The molecule has 102 valence electrons. The zero-order valence-electron chi connectivity index (χ0n) is 11.2. The summed E-state index contributed by atoms with van der Waals surface area (Å²) in [6.07, 6.45) is 7.80. The highest BCUT2D eigenvalue weighted by molar-refractivity contribution is 5.94. The van der Waals surface area contributed by atoms with Gasteiger partial charge in [-0.15, -0.1) is 0 Å². The van der Waals surface area contributed by atoms with Crippen LogP contribution in [0.15, 0.2) is 29.2 Å². The first-order valence-corrected chi connectivity index (χ1v) is 6.91. The standard InChI is InChI=1S/C15H15N3O2/c1-9-16-7-12-13(17-9)6-11-2-3-14(12)18(11)15(19)10-4-5-20-8-10/h4-5,7-8,11,14H,2-3,6H2,1H3. The Morgan fingerprint density at radius 2 is 2.35 bits per heavy atom. The topological polar surface area (TPSA) is 59.2 Å². The number of carbonyl (C=O) groups excluding carboxylic acids is 1. The third-order valence-electron chi connectivity index (χ3n) is 4.31. The van der Waals surface area contributed by atoms with Crippen molar-refractivity contribution in [3.8, 4) is 0 Å². The molecule has 2 aliphatic rings. The van der Waals surface area contributed by atoms with E-state index in [1.807, 2.05) is 18.0 Å². The zero-order chi connectivity index (χ0) is 13.7. The maximum Gasteiger partial charge on any atom is 0.257 e. The van der Waals surface area contributed by atoms with E-state index in [0.29, 0.717) is 5.56 Å². The highest BCUT2D eigenvalue weighted by Gasteiger charge is 2.43. The second kappa shape index (κ2) is 4.16. The van der Waals surface area contributed by atoms with Gasteiger partial charge in [-0.3, -0.25) is 4.79 Å². The van der Waals surface area contributed by atoms with E-state index >= 15 is 0 Å². The molecule has 2 atom stereocenters. The summed E-state index contributed by atoms with van der Waals surface area (Å²) in [4.78, 5) is 23.5. The van der Waals surface area contributed by atoms with Crippen LogP contribution in [0.25, 0.3) is 0 Å². The molecule has 4 heterocycles. The molecule has 0 N–H and O–H groups in total. The van der Waals surface area contributed by atoms with E-state index in [0.717, 1.165) is 36.3 Å². The van der Waals surface area contributed by atoms with Gasteiger partial charge < -0.3 is 9.32 Å². The molecule has 0 radical (unpaired) electrons. The number of nitrogens with zero attached hydrogens (tertiary/aromatic N) is 3. The molecular formula is C15H15N3O2. The van der Waals surface area contributed by atoms with Crippen molar-refractivity contribution in [1.29, 1.82) is 0 Å². The fourth-order valence-electron chi connectivity index (χ4n) is 3.42. The van der Waals surface area contributed by atoms with Crippen LogP contribution in [0.3, 0.4) is 0 Å². The lowest BCUT2D eigenvalue weighted by molar-refractivity contribution is 0.0643. The molecule has 2 aromatic rings. The zero-order valence-corrected chi connectivity index (χ0v) is 11.2. The Labute approximate surface area is 116 Å². The molecule has 1 amide bonds. The molecule has 0 aliphatic carbocycles. The number of aryl methyl sites for hydroxylation is 1. The van der Waals surface area contributed by atoms with Gasteiger partial charge in [0.25, 0.3) is 5.91 Å². The summed E-state index contributed by atoms with van der Waals surface area (Å²) in [5, 5.41) is 0. The Morgan fingerprint density at radius 3 is 3.15 bits per heavy atom. The summed E-state index contributed by atoms with van der Waals surface area (Å²) in [6, 6.07) is 2.10. The molecule has 2 aliphatic heterocycles. The fraction of sp³-hybridized carbons (Fsp3) is 0.400. The summed E-state index contributed by atoms with van der Waals surface area (Å²) in [5.41, 5.74) is 2.85. The van der Waals surface area contributed by atoms with Crippen molar-refractivity contribution < 1.29 is 9.21 Å². The summed E-state index contributed by atoms with van der Waals surface area (Å²) >= 11 is 0. The van der Waals surface area contributed by atoms with Crippen LogP contribution in [0.5, 0.6) is 0 Å². The first-order chi connectivity index (χ1) is 9.74. The van der Waals surface area contributed by atoms with E-state index in [1.54, 1.807) is 12.3 Å².